The topological polar surface area (TPSA) is 62.0 Å². The summed E-state index contributed by atoms with van der Waals surface area (Å²) in [5.74, 6) is 3.64. The monoisotopic (exact) mass is 572 g/mol. The zero-order chi connectivity index (χ0) is 23.9. The summed E-state index contributed by atoms with van der Waals surface area (Å²) in [6.07, 6.45) is 11.1. The summed E-state index contributed by atoms with van der Waals surface area (Å²) in [6.45, 7) is 7.21. The molecule has 5 nitrogen and oxygen atoms in total. The minimum atomic E-state index is -1.63. The first-order chi connectivity index (χ1) is 16.4. The van der Waals surface area contributed by atoms with Gasteiger partial charge in [0.05, 0.1) is 0 Å². The average Bonchev–Trinajstić information content (AvgIpc) is 3.22. The van der Waals surface area contributed by atoms with Crippen LogP contribution in [0.1, 0.15) is 76.5 Å². The third-order valence-corrected chi connectivity index (χ3v) is 12.8. The number of ether oxygens (including phenoxy) is 1. The zero-order valence-electron chi connectivity index (χ0n) is 20.7. The quantitative estimate of drug-likeness (QED) is 0.263. The van der Waals surface area contributed by atoms with Crippen LogP contribution in [0.5, 0.6) is 0 Å². The fourth-order valence-electron chi connectivity index (χ4n) is 5.33. The average molecular weight is 573 g/mol. The maximum absolute atomic E-state index is 15.0. The number of anilines is 2. The Labute approximate surface area is 209 Å². The van der Waals surface area contributed by atoms with Crippen LogP contribution in [-0.4, -0.2) is 30.7 Å². The molecule has 2 aliphatic carbocycles. The number of nitrogens with zero attached hydrogens (tertiary/aromatic N) is 1. The molecule has 2 fully saturated rings. The summed E-state index contributed by atoms with van der Waals surface area (Å²) in [5.41, 5.74) is 2.69. The summed E-state index contributed by atoms with van der Waals surface area (Å²) in [5, 5.41) is 10.9. The van der Waals surface area contributed by atoms with Gasteiger partial charge in [-0.1, -0.05) is 13.8 Å². The van der Waals surface area contributed by atoms with Gasteiger partial charge in [-0.25, -0.2) is 0 Å². The number of aromatic amines is 1. The SMILES string of the molecule is C/C=C(\O/C(=C/CC)C1CCC(c2cc(Nc3cc[c]4c(c3F)C[NH][Sb]4[CH3])n[nH]2)C1)C1(C)CC1. The van der Waals surface area contributed by atoms with Gasteiger partial charge in [0.25, 0.3) is 0 Å². The number of halogens is 1. The van der Waals surface area contributed by atoms with Gasteiger partial charge in [0, 0.05) is 5.41 Å². The van der Waals surface area contributed by atoms with E-state index in [-0.39, 0.29) is 11.2 Å². The molecule has 34 heavy (non-hydrogen) atoms. The maximum atomic E-state index is 15.0. The number of fused-ring (bicyclic) bond motifs is 1. The van der Waals surface area contributed by atoms with Crippen molar-refractivity contribution in [2.75, 3.05) is 5.32 Å². The van der Waals surface area contributed by atoms with E-state index in [1.54, 1.807) is 0 Å². The molecule has 2 heterocycles. The molecular formula is C27H36FN4OSb. The van der Waals surface area contributed by atoms with Crippen LogP contribution in [0, 0.1) is 17.2 Å². The molecule has 0 saturated heterocycles. The van der Waals surface area contributed by atoms with Crippen LogP contribution in [0.15, 0.2) is 41.9 Å². The molecule has 1 aromatic heterocycles. The van der Waals surface area contributed by atoms with E-state index < -0.39 is 20.5 Å². The fraction of sp³-hybridized carbons (Fsp3) is 0.519. The van der Waals surface area contributed by atoms with Gasteiger partial charge in [-0.3, -0.25) is 0 Å². The van der Waals surface area contributed by atoms with E-state index in [9.17, 15) is 0 Å². The Morgan fingerprint density at radius 3 is 2.91 bits per heavy atom. The standard InChI is InChI=1S/C26H33FN4O.CH3.Sb/c1-4-7-22(32-23(5-2)26(3)12-13-26)18-11-10-17(14-18)21-15-24(31-30-21)29-20-9-6-8-19(16-28)25(20)27;;/h5-7,9,15,17-18,28H,4,10-14,16H2,1-3H3,(H2,29,30,31);1H3;/q-1;;+1/b22-7+,23-5-;;. The first-order valence-electron chi connectivity index (χ1n) is 12.6. The van der Waals surface area contributed by atoms with Gasteiger partial charge in [-0.2, -0.15) is 0 Å². The number of hydrogen-bond donors (Lipinski definition) is 3. The molecule has 3 N–H and O–H groups in total. The number of rotatable bonds is 8. The second-order valence-corrected chi connectivity index (χ2v) is 15.7. The molecule has 2 unspecified atom stereocenters. The molecule has 182 valence electrons. The molecule has 2 saturated carbocycles. The number of benzene rings is 1. The maximum Gasteiger partial charge on any atom is 0.0253 e. The molecule has 5 rings (SSSR count). The van der Waals surface area contributed by atoms with E-state index in [1.165, 1.54) is 16.4 Å². The molecule has 7 heteroatoms. The van der Waals surface area contributed by atoms with Gasteiger partial charge in [-0.15, -0.1) is 0 Å². The Bertz CT molecular complexity index is 1120. The van der Waals surface area contributed by atoms with Crippen molar-refractivity contribution in [1.82, 2.24) is 13.7 Å². The molecular weight excluding hydrogens is 537 g/mol. The van der Waals surface area contributed by atoms with Crippen LogP contribution in [0.3, 0.4) is 0 Å². The van der Waals surface area contributed by atoms with Crippen LogP contribution < -0.4 is 12.3 Å². The minimum Gasteiger partial charge on any atom is -0.0525 e. The van der Waals surface area contributed by atoms with Gasteiger partial charge < -0.3 is 4.74 Å². The Hall–Kier alpha value is -1.78. The van der Waals surface area contributed by atoms with Crippen molar-refractivity contribution in [2.45, 2.75) is 76.6 Å². The van der Waals surface area contributed by atoms with Gasteiger partial charge in [0.1, 0.15) is 5.76 Å². The zero-order valence-corrected chi connectivity index (χ0v) is 23.2. The minimum absolute atomic E-state index is 0.139. The molecule has 1 aromatic carbocycles. The molecule has 0 amide bonds. The fourth-order valence-corrected chi connectivity index (χ4v) is 9.45. The van der Waals surface area contributed by atoms with Crippen molar-refractivity contribution in [2.24, 2.45) is 11.3 Å². The van der Waals surface area contributed by atoms with Crippen LogP contribution >= 0.6 is 0 Å². The third kappa shape index (κ3) is 4.68. The van der Waals surface area contributed by atoms with E-state index in [1.807, 2.05) is 12.1 Å². The van der Waals surface area contributed by atoms with E-state index in [0.717, 1.165) is 48.5 Å². The molecule has 1 aliphatic heterocycles. The second-order valence-electron chi connectivity index (χ2n) is 10.2. The predicted molar refractivity (Wildman–Crippen MR) is 137 cm³/mol. The largest absolute Gasteiger partial charge is 0.0525 e. The number of allylic oxidation sites excluding steroid dienone is 4. The van der Waals surface area contributed by atoms with E-state index >= 15 is 4.39 Å². The predicted octanol–water partition coefficient (Wildman–Crippen LogP) is 6.12. The van der Waals surface area contributed by atoms with Crippen LogP contribution in [0.4, 0.5) is 15.9 Å². The third-order valence-electron chi connectivity index (χ3n) is 7.70. The summed E-state index contributed by atoms with van der Waals surface area (Å²) in [6, 6.07) is 5.99. The number of aromatic nitrogens is 2. The molecule has 0 radical (unpaired) electrons. The summed E-state index contributed by atoms with van der Waals surface area (Å²) >= 11 is -1.63. The van der Waals surface area contributed by atoms with E-state index in [0.29, 0.717) is 29.9 Å². The number of H-pyrrole nitrogens is 1. The normalized spacial score (nSPS) is 24.4. The van der Waals surface area contributed by atoms with Crippen molar-refractivity contribution in [3.8, 4) is 0 Å². The van der Waals surface area contributed by atoms with Crippen molar-refractivity contribution in [3.05, 3.63) is 58.9 Å². The summed E-state index contributed by atoms with van der Waals surface area (Å²) < 4.78 is 26.3. The van der Waals surface area contributed by atoms with Gasteiger partial charge in [-0.05, 0) is 38.3 Å². The van der Waals surface area contributed by atoms with Crippen molar-refractivity contribution in [3.63, 3.8) is 0 Å². The van der Waals surface area contributed by atoms with Gasteiger partial charge in [0.2, 0.25) is 0 Å². The second kappa shape index (κ2) is 9.70. The van der Waals surface area contributed by atoms with Crippen LogP contribution in [-0.2, 0) is 11.3 Å². The van der Waals surface area contributed by atoms with Crippen molar-refractivity contribution in [1.29, 1.82) is 0 Å². The Morgan fingerprint density at radius 1 is 1.35 bits per heavy atom. The van der Waals surface area contributed by atoms with Crippen LogP contribution in [0.25, 0.3) is 0 Å². The summed E-state index contributed by atoms with van der Waals surface area (Å²) in [7, 11) is 0. The molecule has 2 atom stereocenters. The Balaban J connectivity index is 1.25. The summed E-state index contributed by atoms with van der Waals surface area (Å²) in [4.78, 5) is 2.24. The molecule has 0 bridgehead atoms. The van der Waals surface area contributed by atoms with E-state index in [2.05, 4.69) is 62.8 Å². The molecule has 3 aliphatic rings. The Kier molecular flexibility index (Phi) is 6.83. The van der Waals surface area contributed by atoms with E-state index in [4.69, 9.17) is 4.74 Å². The van der Waals surface area contributed by atoms with Crippen molar-refractivity contribution < 1.29 is 9.13 Å². The van der Waals surface area contributed by atoms with Crippen LogP contribution in [0.2, 0.25) is 4.87 Å². The Morgan fingerprint density at radius 2 is 2.18 bits per heavy atom. The first kappa shape index (κ1) is 23.9. The molecule has 0 spiro atoms. The van der Waals surface area contributed by atoms with Gasteiger partial charge >= 0.3 is 142 Å². The number of nitrogens with one attached hydrogen (secondary N) is 3. The molecule has 2 aromatic rings. The smallest absolute Gasteiger partial charge is 0.0253 e. The van der Waals surface area contributed by atoms with Gasteiger partial charge in [0.15, 0.2) is 0 Å². The first-order valence-corrected chi connectivity index (χ1v) is 17.7. The van der Waals surface area contributed by atoms with Crippen molar-refractivity contribution >= 4 is 35.5 Å². The number of hydrogen-bond acceptors (Lipinski definition) is 4.